The lowest BCUT2D eigenvalue weighted by atomic mass is 10.1. The maximum absolute atomic E-state index is 7.48. The van der Waals surface area contributed by atoms with Gasteiger partial charge >= 0.3 is 0 Å². The largest absolute Gasteiger partial charge is 0.399 e. The summed E-state index contributed by atoms with van der Waals surface area (Å²) in [6, 6.07) is 7.44. The number of hydrogen-bond acceptors (Lipinski definition) is 5. The van der Waals surface area contributed by atoms with E-state index in [0.717, 1.165) is 11.1 Å². The summed E-state index contributed by atoms with van der Waals surface area (Å²) in [5.41, 5.74) is 8.11. The van der Waals surface area contributed by atoms with Crippen LogP contribution in [0.25, 0.3) is 5.57 Å². The Morgan fingerprint density at radius 2 is 2.15 bits per heavy atom. The Hall–Kier alpha value is -1.85. The lowest BCUT2D eigenvalue weighted by Crippen LogP contribution is -2.28. The van der Waals surface area contributed by atoms with Crippen LogP contribution in [0.5, 0.6) is 0 Å². The van der Waals surface area contributed by atoms with Gasteiger partial charge in [0.05, 0.1) is 6.61 Å². The van der Waals surface area contributed by atoms with Crippen molar-refractivity contribution in [3.63, 3.8) is 0 Å². The van der Waals surface area contributed by atoms with Gasteiger partial charge in [-0.3, -0.25) is 0 Å². The minimum Gasteiger partial charge on any atom is -0.399 e. The number of allylic oxidation sites excluding steroid dienone is 1. The van der Waals surface area contributed by atoms with Crippen molar-refractivity contribution in [2.24, 2.45) is 0 Å². The van der Waals surface area contributed by atoms with Gasteiger partial charge in [-0.25, -0.2) is 0 Å². The van der Waals surface area contributed by atoms with Crippen LogP contribution in [0.1, 0.15) is 19.4 Å². The van der Waals surface area contributed by atoms with Crippen LogP contribution < -0.4 is 11.1 Å². The first-order valence-corrected chi connectivity index (χ1v) is 6.62. The Balaban J connectivity index is 1.92. The highest BCUT2D eigenvalue weighted by molar-refractivity contribution is 6.08. The minimum absolute atomic E-state index is 0.0275. The van der Waals surface area contributed by atoms with Crippen LogP contribution in [0, 0.1) is 5.41 Å². The maximum Gasteiger partial charge on any atom is 0.163 e. The van der Waals surface area contributed by atoms with Gasteiger partial charge in [-0.2, -0.15) is 0 Å². The molecule has 0 unspecified atom stereocenters. The summed E-state index contributed by atoms with van der Waals surface area (Å²) in [5.74, 6) is -0.503. The fraction of sp³-hybridized carbons (Fsp3) is 0.400. The molecule has 1 fully saturated rings. The Labute approximate surface area is 119 Å². The standard InChI is InChI=1S/C15H21N3O2/c1-15(2)19-10-14(20-15)9-18-8-12(7-16)11-3-5-13(17)6-4-11/h3-8,14,16,18H,9-10,17H2,1-2H3/b12-8+,16-7?/t14-/m1/s1. The highest BCUT2D eigenvalue weighted by atomic mass is 16.7. The number of nitrogens with two attached hydrogens (primary N) is 1. The SMILES string of the molecule is CC1(C)OC[C@@H](CN/C=C(\C=N)c2ccc(N)cc2)O1. The van der Waals surface area contributed by atoms with E-state index in [2.05, 4.69) is 5.32 Å². The Morgan fingerprint density at radius 1 is 1.45 bits per heavy atom. The van der Waals surface area contributed by atoms with Crippen LogP contribution in [0.3, 0.4) is 0 Å². The number of nitrogens with one attached hydrogen (secondary N) is 2. The van der Waals surface area contributed by atoms with E-state index in [1.54, 1.807) is 0 Å². The van der Waals surface area contributed by atoms with Gasteiger partial charge in [0.15, 0.2) is 5.79 Å². The third-order valence-electron chi connectivity index (χ3n) is 3.07. The molecule has 0 radical (unpaired) electrons. The van der Waals surface area contributed by atoms with Crippen LogP contribution in [0.2, 0.25) is 0 Å². The molecule has 20 heavy (non-hydrogen) atoms. The zero-order valence-electron chi connectivity index (χ0n) is 11.8. The first kappa shape index (κ1) is 14.6. The summed E-state index contributed by atoms with van der Waals surface area (Å²) in [7, 11) is 0. The van der Waals surface area contributed by atoms with Crippen molar-refractivity contribution in [2.45, 2.75) is 25.7 Å². The molecular formula is C15H21N3O2. The van der Waals surface area contributed by atoms with Crippen molar-refractivity contribution >= 4 is 17.5 Å². The van der Waals surface area contributed by atoms with Gasteiger partial charge in [0.2, 0.25) is 0 Å². The second-order valence-corrected chi connectivity index (χ2v) is 5.22. The van der Waals surface area contributed by atoms with E-state index >= 15 is 0 Å². The van der Waals surface area contributed by atoms with Crippen molar-refractivity contribution in [3.05, 3.63) is 36.0 Å². The molecule has 4 N–H and O–H groups in total. The molecule has 0 saturated carbocycles. The van der Waals surface area contributed by atoms with E-state index < -0.39 is 5.79 Å². The van der Waals surface area contributed by atoms with Gasteiger partial charge in [-0.15, -0.1) is 0 Å². The van der Waals surface area contributed by atoms with Gasteiger partial charge < -0.3 is 25.9 Å². The average molecular weight is 275 g/mol. The zero-order chi connectivity index (χ0) is 14.6. The first-order chi connectivity index (χ1) is 9.50. The fourth-order valence-corrected chi connectivity index (χ4v) is 2.05. The molecule has 2 rings (SSSR count). The van der Waals surface area contributed by atoms with Crippen molar-refractivity contribution in [3.8, 4) is 0 Å². The molecule has 0 aliphatic carbocycles. The Kier molecular flexibility index (Phi) is 4.42. The molecule has 5 heteroatoms. The summed E-state index contributed by atoms with van der Waals surface area (Å²) in [5, 5.41) is 10.7. The molecule has 0 aromatic heterocycles. The van der Waals surface area contributed by atoms with Gasteiger partial charge in [-0.05, 0) is 31.5 Å². The predicted molar refractivity (Wildman–Crippen MR) is 80.5 cm³/mol. The van der Waals surface area contributed by atoms with Gasteiger partial charge in [0, 0.05) is 30.2 Å². The Bertz CT molecular complexity index is 494. The van der Waals surface area contributed by atoms with Gasteiger partial charge in [-0.1, -0.05) is 12.1 Å². The summed E-state index contributed by atoms with van der Waals surface area (Å²) in [6.07, 6.45) is 3.15. The van der Waals surface area contributed by atoms with Crippen molar-refractivity contribution < 1.29 is 9.47 Å². The van der Waals surface area contributed by atoms with E-state index in [9.17, 15) is 0 Å². The quantitative estimate of drug-likeness (QED) is 0.567. The molecule has 1 aromatic carbocycles. The van der Waals surface area contributed by atoms with Crippen molar-refractivity contribution in [1.29, 1.82) is 5.41 Å². The van der Waals surface area contributed by atoms with Crippen LogP contribution >= 0.6 is 0 Å². The van der Waals surface area contributed by atoms with E-state index in [4.69, 9.17) is 20.6 Å². The molecule has 1 aliphatic heterocycles. The third kappa shape index (κ3) is 3.82. The molecule has 0 bridgehead atoms. The molecule has 0 spiro atoms. The molecule has 1 heterocycles. The van der Waals surface area contributed by atoms with Crippen LogP contribution in [0.15, 0.2) is 30.5 Å². The van der Waals surface area contributed by atoms with E-state index in [0.29, 0.717) is 18.8 Å². The van der Waals surface area contributed by atoms with E-state index in [1.807, 2.05) is 44.3 Å². The highest BCUT2D eigenvalue weighted by Crippen LogP contribution is 2.21. The topological polar surface area (TPSA) is 80.4 Å². The summed E-state index contributed by atoms with van der Waals surface area (Å²) in [4.78, 5) is 0. The molecule has 1 atom stereocenters. The second kappa shape index (κ2) is 6.07. The normalized spacial score (nSPS) is 21.7. The molecule has 1 aliphatic rings. The molecular weight excluding hydrogens is 254 g/mol. The fourth-order valence-electron chi connectivity index (χ4n) is 2.05. The number of ether oxygens (including phenoxy) is 2. The molecule has 108 valence electrons. The van der Waals surface area contributed by atoms with Crippen LogP contribution in [0.4, 0.5) is 5.69 Å². The lowest BCUT2D eigenvalue weighted by molar-refractivity contribution is -0.137. The lowest BCUT2D eigenvalue weighted by Gasteiger charge is -2.17. The monoisotopic (exact) mass is 275 g/mol. The highest BCUT2D eigenvalue weighted by Gasteiger charge is 2.32. The van der Waals surface area contributed by atoms with E-state index in [1.165, 1.54) is 6.21 Å². The predicted octanol–water partition coefficient (Wildman–Crippen LogP) is 2.00. The second-order valence-electron chi connectivity index (χ2n) is 5.22. The van der Waals surface area contributed by atoms with Crippen LogP contribution in [-0.4, -0.2) is 31.3 Å². The van der Waals surface area contributed by atoms with Crippen molar-refractivity contribution in [1.82, 2.24) is 5.32 Å². The smallest absolute Gasteiger partial charge is 0.163 e. The maximum atomic E-state index is 7.48. The van der Waals surface area contributed by atoms with Gasteiger partial charge in [0.25, 0.3) is 0 Å². The average Bonchev–Trinajstić information content (AvgIpc) is 2.76. The minimum atomic E-state index is -0.503. The third-order valence-corrected chi connectivity index (χ3v) is 3.07. The number of hydrogen-bond donors (Lipinski definition) is 3. The van der Waals surface area contributed by atoms with Crippen LogP contribution in [-0.2, 0) is 9.47 Å². The summed E-state index contributed by atoms with van der Waals surface area (Å²) >= 11 is 0. The first-order valence-electron chi connectivity index (χ1n) is 6.62. The molecule has 0 amide bonds. The van der Waals surface area contributed by atoms with Crippen molar-refractivity contribution in [2.75, 3.05) is 18.9 Å². The summed E-state index contributed by atoms with van der Waals surface area (Å²) < 4.78 is 11.2. The van der Waals surface area contributed by atoms with E-state index in [-0.39, 0.29) is 6.10 Å². The summed E-state index contributed by atoms with van der Waals surface area (Å²) in [6.45, 7) is 5.03. The molecule has 1 aromatic rings. The zero-order valence-corrected chi connectivity index (χ0v) is 11.8. The number of benzene rings is 1. The Morgan fingerprint density at radius 3 is 2.70 bits per heavy atom. The number of anilines is 1. The molecule has 1 saturated heterocycles. The van der Waals surface area contributed by atoms with Gasteiger partial charge in [0.1, 0.15) is 6.10 Å². The molecule has 5 nitrogen and oxygen atoms in total. The number of nitrogen functional groups attached to an aromatic ring is 1. The number of rotatable bonds is 5.